The van der Waals surface area contributed by atoms with Crippen LogP contribution in [0.25, 0.3) is 0 Å². The first-order chi connectivity index (χ1) is 9.51. The number of hydrogen-bond acceptors (Lipinski definition) is 3. The lowest BCUT2D eigenvalue weighted by molar-refractivity contribution is 0.0775. The predicted octanol–water partition coefficient (Wildman–Crippen LogP) is 1.75. The fourth-order valence-electron chi connectivity index (χ4n) is 2.08. The standard InChI is InChI=1S/C15H16N4O/c1-18-10-13(17)7-14(18)15(20)19(2)9-12-5-3-4-11(6-12)8-16/h3-7,10H,9,17H2,1-2H3. The minimum Gasteiger partial charge on any atom is -0.397 e. The molecule has 0 radical (unpaired) electrons. The molecule has 0 atom stereocenters. The van der Waals surface area contributed by atoms with E-state index in [0.29, 0.717) is 23.5 Å². The van der Waals surface area contributed by atoms with Crippen LogP contribution >= 0.6 is 0 Å². The van der Waals surface area contributed by atoms with Crippen molar-refractivity contribution in [2.24, 2.45) is 7.05 Å². The topological polar surface area (TPSA) is 75.1 Å². The molecule has 5 nitrogen and oxygen atoms in total. The fraction of sp³-hybridized carbons (Fsp3) is 0.200. The normalized spacial score (nSPS) is 10.1. The van der Waals surface area contributed by atoms with E-state index in [9.17, 15) is 4.79 Å². The Balaban J connectivity index is 2.15. The number of nitrogens with zero attached hydrogens (tertiary/aromatic N) is 3. The van der Waals surface area contributed by atoms with Gasteiger partial charge >= 0.3 is 0 Å². The predicted molar refractivity (Wildman–Crippen MR) is 76.8 cm³/mol. The number of carbonyl (C=O) groups excluding carboxylic acids is 1. The third kappa shape index (κ3) is 2.81. The van der Waals surface area contributed by atoms with E-state index < -0.39 is 0 Å². The molecular formula is C15H16N4O. The average molecular weight is 268 g/mol. The largest absolute Gasteiger partial charge is 0.397 e. The Kier molecular flexibility index (Phi) is 3.76. The Bertz CT molecular complexity index is 681. The molecule has 0 spiro atoms. The van der Waals surface area contributed by atoms with Gasteiger partial charge in [0.25, 0.3) is 5.91 Å². The quantitative estimate of drug-likeness (QED) is 0.921. The molecule has 0 fully saturated rings. The molecule has 0 bridgehead atoms. The summed E-state index contributed by atoms with van der Waals surface area (Å²) in [4.78, 5) is 13.9. The third-order valence-corrected chi connectivity index (χ3v) is 3.07. The SMILES string of the molecule is CN(Cc1cccc(C#N)c1)C(=O)c1cc(N)cn1C. The van der Waals surface area contributed by atoms with Crippen molar-refractivity contribution in [2.75, 3.05) is 12.8 Å². The summed E-state index contributed by atoms with van der Waals surface area (Å²) >= 11 is 0. The maximum Gasteiger partial charge on any atom is 0.270 e. The monoisotopic (exact) mass is 268 g/mol. The Morgan fingerprint density at radius 3 is 2.80 bits per heavy atom. The fourth-order valence-corrected chi connectivity index (χ4v) is 2.08. The maximum absolute atomic E-state index is 12.3. The van der Waals surface area contributed by atoms with E-state index in [4.69, 9.17) is 11.0 Å². The molecular weight excluding hydrogens is 252 g/mol. The smallest absolute Gasteiger partial charge is 0.270 e. The summed E-state index contributed by atoms with van der Waals surface area (Å²) in [6, 6.07) is 11.0. The Labute approximate surface area is 117 Å². The van der Waals surface area contributed by atoms with E-state index in [1.807, 2.05) is 12.1 Å². The van der Waals surface area contributed by atoms with E-state index in [1.54, 1.807) is 48.0 Å². The minimum atomic E-state index is -0.105. The van der Waals surface area contributed by atoms with Gasteiger partial charge in [0.1, 0.15) is 5.69 Å². The van der Waals surface area contributed by atoms with Crippen molar-refractivity contribution in [2.45, 2.75) is 6.54 Å². The zero-order valence-electron chi connectivity index (χ0n) is 11.5. The van der Waals surface area contributed by atoms with Crippen LogP contribution in [0.1, 0.15) is 21.6 Å². The van der Waals surface area contributed by atoms with Gasteiger partial charge in [-0.1, -0.05) is 12.1 Å². The number of aryl methyl sites for hydroxylation is 1. The van der Waals surface area contributed by atoms with Crippen LogP contribution in [-0.4, -0.2) is 22.4 Å². The van der Waals surface area contributed by atoms with Crippen molar-refractivity contribution in [1.29, 1.82) is 5.26 Å². The molecule has 1 aromatic carbocycles. The number of rotatable bonds is 3. The lowest BCUT2D eigenvalue weighted by Crippen LogP contribution is -2.27. The lowest BCUT2D eigenvalue weighted by atomic mass is 10.1. The zero-order chi connectivity index (χ0) is 14.7. The van der Waals surface area contributed by atoms with Crippen molar-refractivity contribution in [3.05, 3.63) is 53.3 Å². The van der Waals surface area contributed by atoms with Crippen LogP contribution in [0.3, 0.4) is 0 Å². The highest BCUT2D eigenvalue weighted by molar-refractivity contribution is 5.93. The van der Waals surface area contributed by atoms with Crippen LogP contribution in [0, 0.1) is 11.3 Å². The van der Waals surface area contributed by atoms with Gasteiger partial charge in [0.2, 0.25) is 0 Å². The van der Waals surface area contributed by atoms with Crippen molar-refractivity contribution >= 4 is 11.6 Å². The number of anilines is 1. The summed E-state index contributed by atoms with van der Waals surface area (Å²) in [5.41, 5.74) is 8.30. The van der Waals surface area contributed by atoms with Gasteiger partial charge in [-0.2, -0.15) is 5.26 Å². The van der Waals surface area contributed by atoms with E-state index in [1.165, 1.54) is 0 Å². The molecule has 0 aliphatic heterocycles. The van der Waals surface area contributed by atoms with Crippen LogP contribution in [-0.2, 0) is 13.6 Å². The van der Waals surface area contributed by atoms with Gasteiger partial charge in [-0.3, -0.25) is 4.79 Å². The van der Waals surface area contributed by atoms with Crippen molar-refractivity contribution < 1.29 is 4.79 Å². The van der Waals surface area contributed by atoms with Gasteiger partial charge in [0, 0.05) is 26.8 Å². The van der Waals surface area contributed by atoms with Crippen molar-refractivity contribution in [3.63, 3.8) is 0 Å². The van der Waals surface area contributed by atoms with Crippen LogP contribution < -0.4 is 5.73 Å². The molecule has 0 aliphatic carbocycles. The molecule has 5 heteroatoms. The minimum absolute atomic E-state index is 0.105. The Morgan fingerprint density at radius 1 is 1.45 bits per heavy atom. The van der Waals surface area contributed by atoms with E-state index in [0.717, 1.165) is 5.56 Å². The molecule has 20 heavy (non-hydrogen) atoms. The number of carbonyl (C=O) groups is 1. The van der Waals surface area contributed by atoms with Gasteiger partial charge < -0.3 is 15.2 Å². The zero-order valence-corrected chi connectivity index (χ0v) is 11.5. The molecule has 2 aromatic rings. The van der Waals surface area contributed by atoms with E-state index in [-0.39, 0.29) is 5.91 Å². The van der Waals surface area contributed by atoms with Gasteiger partial charge in [-0.15, -0.1) is 0 Å². The number of nitrogens with two attached hydrogens (primary N) is 1. The van der Waals surface area contributed by atoms with Gasteiger partial charge in [0.05, 0.1) is 17.3 Å². The first-order valence-electron chi connectivity index (χ1n) is 6.17. The Hall–Kier alpha value is -2.74. The van der Waals surface area contributed by atoms with Crippen LogP contribution in [0.15, 0.2) is 36.5 Å². The van der Waals surface area contributed by atoms with Crippen LogP contribution in [0.5, 0.6) is 0 Å². The van der Waals surface area contributed by atoms with Crippen molar-refractivity contribution in [1.82, 2.24) is 9.47 Å². The highest BCUT2D eigenvalue weighted by Crippen LogP contribution is 2.13. The van der Waals surface area contributed by atoms with Gasteiger partial charge in [0.15, 0.2) is 0 Å². The number of amides is 1. The van der Waals surface area contributed by atoms with Crippen LogP contribution in [0.4, 0.5) is 5.69 Å². The summed E-state index contributed by atoms with van der Waals surface area (Å²) in [5.74, 6) is -0.105. The van der Waals surface area contributed by atoms with Crippen molar-refractivity contribution in [3.8, 4) is 6.07 Å². The number of nitrogen functional groups attached to an aromatic ring is 1. The number of nitriles is 1. The van der Waals surface area contributed by atoms with Gasteiger partial charge in [-0.05, 0) is 23.8 Å². The molecule has 2 N–H and O–H groups in total. The van der Waals surface area contributed by atoms with E-state index >= 15 is 0 Å². The molecule has 2 rings (SSSR count). The number of aromatic nitrogens is 1. The summed E-state index contributed by atoms with van der Waals surface area (Å²) in [7, 11) is 3.51. The summed E-state index contributed by atoms with van der Waals surface area (Å²) in [6.07, 6.45) is 1.71. The molecule has 102 valence electrons. The first kappa shape index (κ1) is 13.7. The molecule has 0 unspecified atom stereocenters. The van der Waals surface area contributed by atoms with Gasteiger partial charge in [-0.25, -0.2) is 0 Å². The second kappa shape index (κ2) is 5.49. The second-order valence-electron chi connectivity index (χ2n) is 4.74. The molecule has 0 saturated heterocycles. The maximum atomic E-state index is 12.3. The average Bonchev–Trinajstić information content (AvgIpc) is 2.77. The first-order valence-corrected chi connectivity index (χ1v) is 6.17. The molecule has 1 amide bonds. The summed E-state index contributed by atoms with van der Waals surface area (Å²) < 4.78 is 1.71. The highest BCUT2D eigenvalue weighted by Gasteiger charge is 2.16. The van der Waals surface area contributed by atoms with Crippen LogP contribution in [0.2, 0.25) is 0 Å². The third-order valence-electron chi connectivity index (χ3n) is 3.07. The highest BCUT2D eigenvalue weighted by atomic mass is 16.2. The van der Waals surface area contributed by atoms with E-state index in [2.05, 4.69) is 6.07 Å². The number of benzene rings is 1. The number of hydrogen-bond donors (Lipinski definition) is 1. The molecule has 0 saturated carbocycles. The molecule has 0 aliphatic rings. The molecule has 1 heterocycles. The summed E-state index contributed by atoms with van der Waals surface area (Å²) in [5, 5.41) is 8.87. The lowest BCUT2D eigenvalue weighted by Gasteiger charge is -2.17. The Morgan fingerprint density at radius 2 is 2.20 bits per heavy atom. The summed E-state index contributed by atoms with van der Waals surface area (Å²) in [6.45, 7) is 0.444. The molecule has 1 aromatic heterocycles. The second-order valence-corrected chi connectivity index (χ2v) is 4.74.